The second kappa shape index (κ2) is 12.0. The van der Waals surface area contributed by atoms with Gasteiger partial charge in [0.25, 0.3) is 0 Å². The second-order valence-corrected chi connectivity index (χ2v) is 10.4. The molecule has 0 aliphatic carbocycles. The number of rotatable bonds is 9. The quantitative estimate of drug-likeness (QED) is 0.291. The number of carbonyl (C=O) groups is 2. The van der Waals surface area contributed by atoms with Gasteiger partial charge in [0.05, 0.1) is 29.5 Å². The summed E-state index contributed by atoms with van der Waals surface area (Å²) < 4.78 is 0. The van der Waals surface area contributed by atoms with Gasteiger partial charge in [0.2, 0.25) is 11.8 Å². The van der Waals surface area contributed by atoms with Crippen LogP contribution in [0.25, 0.3) is 10.9 Å². The number of nitrogens with two attached hydrogens (primary N) is 1. The van der Waals surface area contributed by atoms with Gasteiger partial charge in [-0.3, -0.25) is 14.6 Å². The number of carbonyl (C=O) groups excluding carboxylic acids is 2. The number of nitrogens with zero attached hydrogens (tertiary/aromatic N) is 2. The van der Waals surface area contributed by atoms with Gasteiger partial charge in [-0.2, -0.15) is 0 Å². The van der Waals surface area contributed by atoms with Crippen molar-refractivity contribution in [2.24, 2.45) is 5.73 Å². The fourth-order valence-electron chi connectivity index (χ4n) is 5.37. The van der Waals surface area contributed by atoms with Crippen molar-refractivity contribution in [3.8, 4) is 0 Å². The van der Waals surface area contributed by atoms with Gasteiger partial charge in [-0.1, -0.05) is 48.5 Å². The van der Waals surface area contributed by atoms with E-state index in [0.29, 0.717) is 44.6 Å². The van der Waals surface area contributed by atoms with Gasteiger partial charge in [-0.25, -0.2) is 0 Å². The molecule has 38 heavy (non-hydrogen) atoms. The lowest BCUT2D eigenvalue weighted by Gasteiger charge is -2.26. The first-order valence-corrected chi connectivity index (χ1v) is 13.4. The van der Waals surface area contributed by atoms with E-state index in [9.17, 15) is 14.7 Å². The van der Waals surface area contributed by atoms with Crippen LogP contribution in [0.15, 0.2) is 66.9 Å². The molecule has 2 aliphatic rings. The Morgan fingerprint density at radius 1 is 1.13 bits per heavy atom. The smallest absolute Gasteiger partial charge is 0.247 e. The molecular formula is C29H36N6O3. The van der Waals surface area contributed by atoms with E-state index in [1.54, 1.807) is 11.1 Å². The summed E-state index contributed by atoms with van der Waals surface area (Å²) in [4.78, 5) is 32.9. The Bertz CT molecular complexity index is 1260. The fraction of sp³-hybridized carbons (Fsp3) is 0.414. The molecule has 9 nitrogen and oxygen atoms in total. The molecule has 5 atom stereocenters. The highest BCUT2D eigenvalue weighted by molar-refractivity contribution is 5.99. The molecule has 5 rings (SSSR count). The molecule has 6 N–H and O–H groups in total. The number of nitrogens with one attached hydrogen (secondary N) is 3. The van der Waals surface area contributed by atoms with Crippen molar-refractivity contribution in [1.82, 2.24) is 20.5 Å². The minimum Gasteiger partial charge on any atom is -0.392 e. The van der Waals surface area contributed by atoms with Gasteiger partial charge in [0, 0.05) is 37.1 Å². The number of aliphatic hydroxyl groups excluding tert-OH is 1. The molecule has 2 amide bonds. The SMILES string of the molecule is N[C@H]1CN[C@H](C(=O)N2C[C@H](NC[C@H](O)CCc3ccccc3)C[C@H]2C(=O)Nc2cnc3ccccc3c2)C1. The summed E-state index contributed by atoms with van der Waals surface area (Å²) in [5.41, 5.74) is 8.65. The van der Waals surface area contributed by atoms with Crippen LogP contribution in [-0.2, 0) is 16.0 Å². The largest absolute Gasteiger partial charge is 0.392 e. The molecule has 0 saturated carbocycles. The summed E-state index contributed by atoms with van der Waals surface area (Å²) in [6.45, 7) is 1.37. The number of amides is 2. The Morgan fingerprint density at radius 3 is 2.71 bits per heavy atom. The van der Waals surface area contributed by atoms with Gasteiger partial charge < -0.3 is 31.7 Å². The Balaban J connectivity index is 1.23. The van der Waals surface area contributed by atoms with Crippen LogP contribution >= 0.6 is 0 Å². The maximum atomic E-state index is 13.4. The lowest BCUT2D eigenvalue weighted by Crippen LogP contribution is -2.50. The number of aromatic nitrogens is 1. The van der Waals surface area contributed by atoms with Gasteiger partial charge in [0.1, 0.15) is 6.04 Å². The Hall–Kier alpha value is -3.37. The number of para-hydroxylation sites is 1. The van der Waals surface area contributed by atoms with E-state index in [-0.39, 0.29) is 23.9 Å². The van der Waals surface area contributed by atoms with Gasteiger partial charge in [-0.05, 0) is 43.4 Å². The summed E-state index contributed by atoms with van der Waals surface area (Å²) in [5, 5.41) is 21.0. The number of aliphatic hydroxyl groups is 1. The topological polar surface area (TPSA) is 133 Å². The van der Waals surface area contributed by atoms with Crippen LogP contribution in [0.2, 0.25) is 0 Å². The Morgan fingerprint density at radius 2 is 1.92 bits per heavy atom. The van der Waals surface area contributed by atoms with E-state index in [2.05, 4.69) is 33.1 Å². The van der Waals surface area contributed by atoms with Crippen LogP contribution in [0.4, 0.5) is 5.69 Å². The molecule has 1 aromatic heterocycles. The molecule has 2 saturated heterocycles. The van der Waals surface area contributed by atoms with Crippen molar-refractivity contribution < 1.29 is 14.7 Å². The normalized spacial score (nSPS) is 24.0. The maximum absolute atomic E-state index is 13.4. The highest BCUT2D eigenvalue weighted by Gasteiger charge is 2.43. The third-order valence-corrected chi connectivity index (χ3v) is 7.46. The lowest BCUT2D eigenvalue weighted by atomic mass is 10.1. The molecule has 0 radical (unpaired) electrons. The van der Waals surface area contributed by atoms with Gasteiger partial charge >= 0.3 is 0 Å². The highest BCUT2D eigenvalue weighted by Crippen LogP contribution is 2.24. The van der Waals surface area contributed by atoms with Crippen molar-refractivity contribution in [3.63, 3.8) is 0 Å². The first-order chi connectivity index (χ1) is 18.5. The standard InChI is InChI=1S/C29H36N6O3/c30-21-13-26(32-15-21)29(38)35-18-23(31-17-24(36)11-10-19-6-2-1-3-7-19)14-27(35)28(37)34-22-12-20-8-4-5-9-25(20)33-16-22/h1-9,12,16,21,23-24,26-27,31-32,36H,10-11,13-15,17-18,30H2,(H,34,37)/t21-,23-,24-,26+,27+/m1/s1. The number of hydrogen-bond donors (Lipinski definition) is 5. The summed E-state index contributed by atoms with van der Waals surface area (Å²) >= 11 is 0. The van der Waals surface area contributed by atoms with Crippen molar-refractivity contribution >= 4 is 28.4 Å². The molecule has 0 unspecified atom stereocenters. The van der Waals surface area contributed by atoms with E-state index < -0.39 is 18.2 Å². The summed E-state index contributed by atoms with van der Waals surface area (Å²) in [5.74, 6) is -0.352. The number of likely N-dealkylation sites (tertiary alicyclic amines) is 1. The Kier molecular flexibility index (Phi) is 8.29. The lowest BCUT2D eigenvalue weighted by molar-refractivity contribution is -0.138. The van der Waals surface area contributed by atoms with Crippen LogP contribution < -0.4 is 21.7 Å². The van der Waals surface area contributed by atoms with Crippen LogP contribution in [0, 0.1) is 0 Å². The first kappa shape index (κ1) is 26.2. The van der Waals surface area contributed by atoms with Crippen LogP contribution in [0.3, 0.4) is 0 Å². The molecule has 3 heterocycles. The van der Waals surface area contributed by atoms with Crippen LogP contribution in [-0.4, -0.2) is 76.7 Å². The average molecular weight is 517 g/mol. The predicted octanol–water partition coefficient (Wildman–Crippen LogP) is 1.42. The second-order valence-electron chi connectivity index (χ2n) is 10.4. The average Bonchev–Trinajstić information content (AvgIpc) is 3.57. The summed E-state index contributed by atoms with van der Waals surface area (Å²) in [6, 6.07) is 18.5. The van der Waals surface area contributed by atoms with Gasteiger partial charge in [0.15, 0.2) is 0 Å². The minimum atomic E-state index is -0.633. The fourth-order valence-corrected chi connectivity index (χ4v) is 5.37. The van der Waals surface area contributed by atoms with E-state index >= 15 is 0 Å². The molecule has 2 aliphatic heterocycles. The minimum absolute atomic E-state index is 0.0730. The maximum Gasteiger partial charge on any atom is 0.247 e. The van der Waals surface area contributed by atoms with Gasteiger partial charge in [-0.15, -0.1) is 0 Å². The van der Waals surface area contributed by atoms with Crippen molar-refractivity contribution in [3.05, 3.63) is 72.4 Å². The zero-order valence-corrected chi connectivity index (χ0v) is 21.4. The van der Waals surface area contributed by atoms with Crippen LogP contribution in [0.5, 0.6) is 0 Å². The molecule has 3 aromatic rings. The third kappa shape index (κ3) is 6.36. The molecule has 200 valence electrons. The molecule has 2 aromatic carbocycles. The zero-order chi connectivity index (χ0) is 26.5. The molecule has 9 heteroatoms. The number of hydrogen-bond acceptors (Lipinski definition) is 7. The number of fused-ring (bicyclic) bond motifs is 1. The van der Waals surface area contributed by atoms with Crippen molar-refractivity contribution in [1.29, 1.82) is 0 Å². The Labute approximate surface area is 222 Å². The summed E-state index contributed by atoms with van der Waals surface area (Å²) in [7, 11) is 0. The molecule has 0 bridgehead atoms. The van der Waals surface area contributed by atoms with Crippen molar-refractivity contribution in [2.45, 2.75) is 56.0 Å². The van der Waals surface area contributed by atoms with E-state index in [1.165, 1.54) is 5.56 Å². The number of anilines is 1. The number of aryl methyl sites for hydroxylation is 1. The van der Waals surface area contributed by atoms with Crippen LogP contribution in [0.1, 0.15) is 24.8 Å². The molecular weight excluding hydrogens is 480 g/mol. The van der Waals surface area contributed by atoms with E-state index in [0.717, 1.165) is 17.3 Å². The van der Waals surface area contributed by atoms with Crippen molar-refractivity contribution in [2.75, 3.05) is 25.0 Å². The third-order valence-electron chi connectivity index (χ3n) is 7.46. The molecule has 0 spiro atoms. The van der Waals surface area contributed by atoms with E-state index in [4.69, 9.17) is 5.73 Å². The highest BCUT2D eigenvalue weighted by atomic mass is 16.3. The zero-order valence-electron chi connectivity index (χ0n) is 21.4. The summed E-state index contributed by atoms with van der Waals surface area (Å²) in [6.07, 6.45) is 3.55. The number of benzene rings is 2. The number of pyridine rings is 1. The monoisotopic (exact) mass is 516 g/mol. The first-order valence-electron chi connectivity index (χ1n) is 13.4. The van der Waals surface area contributed by atoms with E-state index in [1.807, 2.05) is 48.5 Å². The predicted molar refractivity (Wildman–Crippen MR) is 147 cm³/mol. The molecule has 2 fully saturated rings.